The van der Waals surface area contributed by atoms with E-state index in [1.165, 1.54) is 18.6 Å². The van der Waals surface area contributed by atoms with Crippen LogP contribution in [0.15, 0.2) is 24.3 Å². The van der Waals surface area contributed by atoms with E-state index >= 15 is 0 Å². The molecular weight excluding hydrogens is 215 g/mol. The van der Waals surface area contributed by atoms with Gasteiger partial charge in [0.2, 0.25) is 0 Å². The van der Waals surface area contributed by atoms with Crippen molar-refractivity contribution in [3.05, 3.63) is 35.6 Å². The Kier molecular flexibility index (Phi) is 6.20. The average molecular weight is 238 g/mol. The van der Waals surface area contributed by atoms with E-state index in [1.54, 1.807) is 12.1 Å². The van der Waals surface area contributed by atoms with Gasteiger partial charge < -0.3 is 5.11 Å². The molecule has 0 fully saturated rings. The van der Waals surface area contributed by atoms with Crippen LogP contribution >= 0.6 is 0 Å². The van der Waals surface area contributed by atoms with Crippen molar-refractivity contribution < 1.29 is 9.50 Å². The zero-order chi connectivity index (χ0) is 12.7. The molecule has 0 aliphatic carbocycles. The van der Waals surface area contributed by atoms with E-state index in [2.05, 4.69) is 13.8 Å². The van der Waals surface area contributed by atoms with Crippen LogP contribution < -0.4 is 0 Å². The molecule has 1 nitrogen and oxygen atoms in total. The number of hydrogen-bond acceptors (Lipinski definition) is 1. The molecule has 0 heterocycles. The largest absolute Gasteiger partial charge is 0.396 e. The molecule has 1 rings (SSSR count). The van der Waals surface area contributed by atoms with Crippen LogP contribution in [-0.4, -0.2) is 11.7 Å². The molecule has 0 spiro atoms. The van der Waals surface area contributed by atoms with E-state index in [1.807, 2.05) is 0 Å². The van der Waals surface area contributed by atoms with Crippen LogP contribution in [0, 0.1) is 17.7 Å². The molecule has 1 unspecified atom stereocenters. The van der Waals surface area contributed by atoms with Crippen LogP contribution in [0.2, 0.25) is 0 Å². The average Bonchev–Trinajstić information content (AvgIpc) is 2.30. The molecule has 17 heavy (non-hydrogen) atoms. The van der Waals surface area contributed by atoms with Crippen LogP contribution in [-0.2, 0) is 6.42 Å². The first kappa shape index (κ1) is 14.2. The Labute approximate surface area is 104 Å². The molecule has 0 aliphatic heterocycles. The molecular formula is C15H23FO. The molecule has 1 aromatic rings. The highest BCUT2D eigenvalue weighted by Crippen LogP contribution is 2.17. The van der Waals surface area contributed by atoms with Gasteiger partial charge in [-0.2, -0.15) is 0 Å². The number of aliphatic hydroxyl groups excluding tert-OH is 1. The van der Waals surface area contributed by atoms with Gasteiger partial charge in [0.05, 0.1) is 0 Å². The quantitative estimate of drug-likeness (QED) is 0.766. The molecule has 1 atom stereocenters. The third kappa shape index (κ3) is 5.83. The van der Waals surface area contributed by atoms with Crippen molar-refractivity contribution in [2.75, 3.05) is 6.61 Å². The zero-order valence-electron chi connectivity index (χ0n) is 10.8. The van der Waals surface area contributed by atoms with Crippen LogP contribution in [0.1, 0.15) is 38.7 Å². The minimum Gasteiger partial charge on any atom is -0.396 e. The predicted molar refractivity (Wildman–Crippen MR) is 69.4 cm³/mol. The fourth-order valence-corrected chi connectivity index (χ4v) is 2.03. The van der Waals surface area contributed by atoms with Gasteiger partial charge in [0.1, 0.15) is 5.82 Å². The van der Waals surface area contributed by atoms with Crippen molar-refractivity contribution >= 4 is 0 Å². The van der Waals surface area contributed by atoms with Crippen LogP contribution in [0.4, 0.5) is 4.39 Å². The Morgan fingerprint density at radius 2 is 1.76 bits per heavy atom. The molecule has 0 radical (unpaired) electrons. The van der Waals surface area contributed by atoms with Gasteiger partial charge in [-0.25, -0.2) is 4.39 Å². The summed E-state index contributed by atoms with van der Waals surface area (Å²) in [4.78, 5) is 0. The normalized spacial score (nSPS) is 13.0. The summed E-state index contributed by atoms with van der Waals surface area (Å²) in [5.41, 5.74) is 1.11. The summed E-state index contributed by atoms with van der Waals surface area (Å²) in [7, 11) is 0. The van der Waals surface area contributed by atoms with Crippen LogP contribution in [0.25, 0.3) is 0 Å². The van der Waals surface area contributed by atoms with E-state index in [4.69, 9.17) is 0 Å². The lowest BCUT2D eigenvalue weighted by Crippen LogP contribution is -2.10. The van der Waals surface area contributed by atoms with E-state index in [0.717, 1.165) is 30.7 Å². The van der Waals surface area contributed by atoms with Crippen LogP contribution in [0.5, 0.6) is 0 Å². The Morgan fingerprint density at radius 3 is 2.29 bits per heavy atom. The molecule has 1 N–H and O–H groups in total. The number of rotatable bonds is 7. The highest BCUT2D eigenvalue weighted by Gasteiger charge is 2.09. The molecule has 0 aromatic heterocycles. The van der Waals surface area contributed by atoms with Crippen molar-refractivity contribution in [2.45, 2.75) is 39.5 Å². The van der Waals surface area contributed by atoms with Crippen molar-refractivity contribution in [3.8, 4) is 0 Å². The Bertz CT molecular complexity index is 305. The standard InChI is InChI=1S/C15H23FO/c1-12(2)4-3-5-14(11-17)10-13-6-8-15(16)9-7-13/h6-9,12,14,17H,3-5,10-11H2,1-2H3. The number of halogens is 1. The van der Waals surface area contributed by atoms with Gasteiger partial charge in [-0.3, -0.25) is 0 Å². The topological polar surface area (TPSA) is 20.2 Å². The SMILES string of the molecule is CC(C)CCCC(CO)Cc1ccc(F)cc1. The zero-order valence-corrected chi connectivity index (χ0v) is 10.8. The van der Waals surface area contributed by atoms with Crippen molar-refractivity contribution in [1.29, 1.82) is 0 Å². The summed E-state index contributed by atoms with van der Waals surface area (Å²) in [6, 6.07) is 6.58. The molecule has 0 saturated heterocycles. The van der Waals surface area contributed by atoms with Crippen molar-refractivity contribution in [2.24, 2.45) is 11.8 Å². The first-order valence-corrected chi connectivity index (χ1v) is 6.47. The van der Waals surface area contributed by atoms with Gasteiger partial charge in [0.25, 0.3) is 0 Å². The highest BCUT2D eigenvalue weighted by atomic mass is 19.1. The summed E-state index contributed by atoms with van der Waals surface area (Å²) in [5, 5.41) is 9.33. The maximum Gasteiger partial charge on any atom is 0.123 e. The van der Waals surface area contributed by atoms with Gasteiger partial charge >= 0.3 is 0 Å². The van der Waals surface area contributed by atoms with E-state index in [0.29, 0.717) is 5.92 Å². The minimum absolute atomic E-state index is 0.200. The predicted octanol–water partition coefficient (Wildman–Crippen LogP) is 3.80. The Morgan fingerprint density at radius 1 is 1.12 bits per heavy atom. The first-order valence-electron chi connectivity index (χ1n) is 6.47. The van der Waals surface area contributed by atoms with Gasteiger partial charge in [-0.1, -0.05) is 38.8 Å². The summed E-state index contributed by atoms with van der Waals surface area (Å²) in [5.74, 6) is 0.827. The van der Waals surface area contributed by atoms with E-state index in [-0.39, 0.29) is 12.4 Å². The monoisotopic (exact) mass is 238 g/mol. The number of hydrogen-bond donors (Lipinski definition) is 1. The summed E-state index contributed by atoms with van der Waals surface area (Å²) in [6.07, 6.45) is 4.25. The Hall–Kier alpha value is -0.890. The van der Waals surface area contributed by atoms with Gasteiger partial charge in [0, 0.05) is 6.61 Å². The molecule has 0 bridgehead atoms. The van der Waals surface area contributed by atoms with Crippen LogP contribution in [0.3, 0.4) is 0 Å². The van der Waals surface area contributed by atoms with Gasteiger partial charge in [0.15, 0.2) is 0 Å². The van der Waals surface area contributed by atoms with E-state index < -0.39 is 0 Å². The molecule has 96 valence electrons. The molecule has 1 aromatic carbocycles. The fourth-order valence-electron chi connectivity index (χ4n) is 2.03. The third-order valence-corrected chi connectivity index (χ3v) is 3.09. The van der Waals surface area contributed by atoms with Crippen molar-refractivity contribution in [1.82, 2.24) is 0 Å². The molecule has 2 heteroatoms. The van der Waals surface area contributed by atoms with Gasteiger partial charge in [-0.05, 0) is 42.4 Å². The third-order valence-electron chi connectivity index (χ3n) is 3.09. The summed E-state index contributed by atoms with van der Waals surface area (Å²) >= 11 is 0. The maximum absolute atomic E-state index is 12.7. The molecule has 0 amide bonds. The lowest BCUT2D eigenvalue weighted by atomic mass is 9.93. The maximum atomic E-state index is 12.7. The fraction of sp³-hybridized carbons (Fsp3) is 0.600. The van der Waals surface area contributed by atoms with Gasteiger partial charge in [-0.15, -0.1) is 0 Å². The first-order chi connectivity index (χ1) is 8.11. The van der Waals surface area contributed by atoms with Crippen molar-refractivity contribution in [3.63, 3.8) is 0 Å². The summed E-state index contributed by atoms with van der Waals surface area (Å²) in [6.45, 7) is 4.65. The lowest BCUT2D eigenvalue weighted by Gasteiger charge is -2.14. The second-order valence-electron chi connectivity index (χ2n) is 5.20. The molecule has 0 aliphatic rings. The van der Waals surface area contributed by atoms with E-state index in [9.17, 15) is 9.50 Å². The second kappa shape index (κ2) is 7.44. The lowest BCUT2D eigenvalue weighted by molar-refractivity contribution is 0.213. The Balaban J connectivity index is 2.38. The highest BCUT2D eigenvalue weighted by molar-refractivity contribution is 5.16. The molecule has 0 saturated carbocycles. The summed E-state index contributed by atoms with van der Waals surface area (Å²) < 4.78 is 12.7. The smallest absolute Gasteiger partial charge is 0.123 e. The second-order valence-corrected chi connectivity index (χ2v) is 5.20. The number of benzene rings is 1. The number of aliphatic hydroxyl groups is 1. The minimum atomic E-state index is -0.200.